The minimum atomic E-state index is -0.839. The van der Waals surface area contributed by atoms with E-state index in [1.807, 2.05) is 57.2 Å². The van der Waals surface area contributed by atoms with Crippen molar-refractivity contribution < 1.29 is 24.2 Å². The third-order valence-corrected chi connectivity index (χ3v) is 5.65. The Morgan fingerprint density at radius 3 is 2.24 bits per heavy atom. The molecule has 2 atom stereocenters. The number of hydrogen-bond acceptors (Lipinski definition) is 5. The van der Waals surface area contributed by atoms with Gasteiger partial charge in [-0.3, -0.25) is 0 Å². The Labute approximate surface area is 195 Å². The second-order valence-electron chi connectivity index (χ2n) is 9.29. The van der Waals surface area contributed by atoms with E-state index in [2.05, 4.69) is 6.08 Å². The molecule has 0 unspecified atom stereocenters. The number of carbonyl (C=O) groups is 2. The van der Waals surface area contributed by atoms with Crippen LogP contribution in [-0.4, -0.2) is 47.9 Å². The number of methoxy groups -OCH3 is 1. The van der Waals surface area contributed by atoms with Crippen LogP contribution in [0.2, 0.25) is 0 Å². The van der Waals surface area contributed by atoms with Gasteiger partial charge in [0, 0.05) is 19.0 Å². The molecule has 0 bridgehead atoms. The SMILES string of the molecule is COC(=O)c1cccc([C@H](O)[C@@H](C=C2CCN(C(=O)OC(C)(C)C)CC2)c2ccccc2)c1. The number of likely N-dealkylation sites (tertiary alicyclic amines) is 1. The molecule has 6 heteroatoms. The first-order valence-electron chi connectivity index (χ1n) is 11.3. The molecule has 1 aliphatic heterocycles. The molecule has 1 heterocycles. The number of benzene rings is 2. The van der Waals surface area contributed by atoms with Crippen LogP contribution in [0.25, 0.3) is 0 Å². The van der Waals surface area contributed by atoms with Crippen LogP contribution in [0.3, 0.4) is 0 Å². The summed E-state index contributed by atoms with van der Waals surface area (Å²) < 4.78 is 10.3. The Morgan fingerprint density at radius 2 is 1.64 bits per heavy atom. The molecule has 1 saturated heterocycles. The predicted octanol–water partition coefficient (Wildman–Crippen LogP) is 5.25. The number of aliphatic hydroxyl groups excluding tert-OH is 1. The van der Waals surface area contributed by atoms with Crippen LogP contribution >= 0.6 is 0 Å². The van der Waals surface area contributed by atoms with Crippen LogP contribution in [0.4, 0.5) is 4.79 Å². The maximum atomic E-state index is 12.4. The third-order valence-electron chi connectivity index (χ3n) is 5.65. The van der Waals surface area contributed by atoms with Crippen molar-refractivity contribution in [3.8, 4) is 0 Å². The van der Waals surface area contributed by atoms with Crippen LogP contribution < -0.4 is 0 Å². The van der Waals surface area contributed by atoms with Crippen molar-refractivity contribution in [1.82, 2.24) is 4.90 Å². The fraction of sp³-hybridized carbons (Fsp3) is 0.407. The highest BCUT2D eigenvalue weighted by molar-refractivity contribution is 5.89. The minimum absolute atomic E-state index is 0.290. The zero-order valence-corrected chi connectivity index (χ0v) is 19.8. The van der Waals surface area contributed by atoms with Crippen LogP contribution in [0.1, 0.15) is 67.1 Å². The summed E-state index contributed by atoms with van der Waals surface area (Å²) in [6.45, 7) is 6.75. The number of esters is 1. The number of hydrogen-bond donors (Lipinski definition) is 1. The van der Waals surface area contributed by atoms with Gasteiger partial charge in [0.15, 0.2) is 0 Å². The van der Waals surface area contributed by atoms with Gasteiger partial charge in [-0.15, -0.1) is 0 Å². The zero-order chi connectivity index (χ0) is 24.0. The lowest BCUT2D eigenvalue weighted by atomic mass is 9.85. The van der Waals surface area contributed by atoms with Gasteiger partial charge in [0.1, 0.15) is 5.60 Å². The number of carbonyl (C=O) groups excluding carboxylic acids is 2. The van der Waals surface area contributed by atoms with Gasteiger partial charge in [-0.05, 0) is 56.9 Å². The van der Waals surface area contributed by atoms with E-state index in [0.717, 1.165) is 18.4 Å². The maximum Gasteiger partial charge on any atom is 0.410 e. The average Bonchev–Trinajstić information content (AvgIpc) is 2.81. The lowest BCUT2D eigenvalue weighted by molar-refractivity contribution is 0.0235. The first kappa shape index (κ1) is 24.5. The highest BCUT2D eigenvalue weighted by atomic mass is 16.6. The van der Waals surface area contributed by atoms with Gasteiger partial charge in [0.05, 0.1) is 18.8 Å². The van der Waals surface area contributed by atoms with Crippen molar-refractivity contribution in [1.29, 1.82) is 0 Å². The number of nitrogens with zero attached hydrogens (tertiary/aromatic N) is 1. The zero-order valence-electron chi connectivity index (χ0n) is 19.8. The summed E-state index contributed by atoms with van der Waals surface area (Å²) in [7, 11) is 1.34. The molecule has 0 spiro atoms. The molecule has 2 aromatic rings. The molecule has 1 N–H and O–H groups in total. The van der Waals surface area contributed by atoms with Crippen LogP contribution in [0.5, 0.6) is 0 Å². The molecule has 3 rings (SSSR count). The van der Waals surface area contributed by atoms with Crippen molar-refractivity contribution in [3.05, 3.63) is 82.9 Å². The summed E-state index contributed by atoms with van der Waals surface area (Å²) in [4.78, 5) is 26.1. The van der Waals surface area contributed by atoms with E-state index in [0.29, 0.717) is 24.2 Å². The lowest BCUT2D eigenvalue weighted by Gasteiger charge is -2.32. The molecule has 0 radical (unpaired) electrons. The van der Waals surface area contributed by atoms with E-state index in [1.54, 1.807) is 23.1 Å². The van der Waals surface area contributed by atoms with E-state index in [4.69, 9.17) is 9.47 Å². The molecule has 1 aliphatic rings. The topological polar surface area (TPSA) is 76.1 Å². The number of rotatable bonds is 5. The second kappa shape index (κ2) is 10.7. The van der Waals surface area contributed by atoms with E-state index >= 15 is 0 Å². The van der Waals surface area contributed by atoms with Crippen molar-refractivity contribution >= 4 is 12.1 Å². The summed E-state index contributed by atoms with van der Waals surface area (Å²) >= 11 is 0. The molecular weight excluding hydrogens is 418 g/mol. The maximum absolute atomic E-state index is 12.4. The van der Waals surface area contributed by atoms with Crippen LogP contribution in [-0.2, 0) is 9.47 Å². The summed E-state index contributed by atoms with van der Waals surface area (Å²) in [6.07, 6.45) is 2.42. The Bertz CT molecular complexity index is 983. The van der Waals surface area contributed by atoms with E-state index in [9.17, 15) is 14.7 Å². The van der Waals surface area contributed by atoms with Gasteiger partial charge in [-0.2, -0.15) is 0 Å². The first-order valence-corrected chi connectivity index (χ1v) is 11.3. The van der Waals surface area contributed by atoms with Gasteiger partial charge in [0.25, 0.3) is 0 Å². The summed E-state index contributed by atoms with van der Waals surface area (Å²) in [5, 5.41) is 11.3. The molecule has 2 aromatic carbocycles. The van der Waals surface area contributed by atoms with Gasteiger partial charge in [-0.1, -0.05) is 54.1 Å². The van der Waals surface area contributed by atoms with Gasteiger partial charge in [-0.25, -0.2) is 9.59 Å². The fourth-order valence-corrected chi connectivity index (χ4v) is 3.94. The highest BCUT2D eigenvalue weighted by Gasteiger charge is 2.27. The number of aliphatic hydroxyl groups is 1. The minimum Gasteiger partial charge on any atom is -0.465 e. The van der Waals surface area contributed by atoms with Crippen molar-refractivity contribution in [2.45, 2.75) is 51.2 Å². The van der Waals surface area contributed by atoms with Crippen molar-refractivity contribution in [2.24, 2.45) is 0 Å². The Morgan fingerprint density at radius 1 is 1.00 bits per heavy atom. The number of ether oxygens (including phenoxy) is 2. The fourth-order valence-electron chi connectivity index (χ4n) is 3.94. The quantitative estimate of drug-likeness (QED) is 0.496. The molecule has 0 saturated carbocycles. The molecule has 1 amide bonds. The Hall–Kier alpha value is -3.12. The van der Waals surface area contributed by atoms with E-state index < -0.39 is 17.7 Å². The summed E-state index contributed by atoms with van der Waals surface area (Å²) in [6, 6.07) is 16.7. The van der Waals surface area contributed by atoms with Crippen LogP contribution in [0.15, 0.2) is 66.2 Å². The highest BCUT2D eigenvalue weighted by Crippen LogP contribution is 2.35. The Balaban J connectivity index is 1.81. The van der Waals surface area contributed by atoms with Gasteiger partial charge in [0.2, 0.25) is 0 Å². The molecule has 0 aliphatic carbocycles. The van der Waals surface area contributed by atoms with Crippen LogP contribution in [0, 0.1) is 0 Å². The Kier molecular flexibility index (Phi) is 7.92. The monoisotopic (exact) mass is 451 g/mol. The van der Waals surface area contributed by atoms with Crippen molar-refractivity contribution in [3.63, 3.8) is 0 Å². The molecule has 0 aromatic heterocycles. The molecule has 33 heavy (non-hydrogen) atoms. The number of piperidine rings is 1. The third kappa shape index (κ3) is 6.68. The average molecular weight is 452 g/mol. The normalized spacial score (nSPS) is 16.0. The van der Waals surface area contributed by atoms with E-state index in [-0.39, 0.29) is 12.0 Å². The predicted molar refractivity (Wildman–Crippen MR) is 127 cm³/mol. The summed E-state index contributed by atoms with van der Waals surface area (Å²) in [5.74, 6) is -0.727. The van der Waals surface area contributed by atoms with Gasteiger partial charge >= 0.3 is 12.1 Å². The lowest BCUT2D eigenvalue weighted by Crippen LogP contribution is -2.40. The molecule has 176 valence electrons. The molecular formula is C27H33NO5. The van der Waals surface area contributed by atoms with Crippen molar-refractivity contribution in [2.75, 3.05) is 20.2 Å². The number of amides is 1. The van der Waals surface area contributed by atoms with Gasteiger partial charge < -0.3 is 19.5 Å². The molecule has 1 fully saturated rings. The second-order valence-corrected chi connectivity index (χ2v) is 9.29. The van der Waals surface area contributed by atoms with E-state index in [1.165, 1.54) is 12.7 Å². The first-order chi connectivity index (χ1) is 15.7. The largest absolute Gasteiger partial charge is 0.465 e. The molecule has 6 nitrogen and oxygen atoms in total. The standard InChI is InChI=1S/C27H33NO5/c1-27(2,3)33-26(31)28-15-13-19(14-16-28)17-23(20-9-6-5-7-10-20)24(29)21-11-8-12-22(18-21)25(30)32-4/h5-12,17-18,23-24,29H,13-16H2,1-4H3/t23-,24-/m0/s1. The smallest absolute Gasteiger partial charge is 0.410 e. The summed E-state index contributed by atoms with van der Waals surface area (Å²) in [5.41, 5.74) is 2.70.